The molecule has 2 aromatic carbocycles. The Hall–Kier alpha value is -2.82. The highest BCUT2D eigenvalue weighted by molar-refractivity contribution is 5.98. The summed E-state index contributed by atoms with van der Waals surface area (Å²) in [5.41, 5.74) is 4.37. The van der Waals surface area contributed by atoms with Gasteiger partial charge in [0.25, 0.3) is 0 Å². The Morgan fingerprint density at radius 3 is 2.71 bits per heavy atom. The van der Waals surface area contributed by atoms with E-state index in [4.69, 9.17) is 9.47 Å². The van der Waals surface area contributed by atoms with Crippen LogP contribution in [0.4, 0.5) is 0 Å². The highest BCUT2D eigenvalue weighted by Gasteiger charge is 2.28. The molecule has 0 aromatic heterocycles. The minimum Gasteiger partial charge on any atom is -0.487 e. The van der Waals surface area contributed by atoms with Crippen molar-refractivity contribution in [1.82, 2.24) is 5.32 Å². The van der Waals surface area contributed by atoms with E-state index < -0.39 is 0 Å². The zero-order chi connectivity index (χ0) is 20.3. The van der Waals surface area contributed by atoms with Crippen LogP contribution < -0.4 is 10.1 Å². The zero-order valence-electron chi connectivity index (χ0n) is 16.9. The normalized spacial score (nSPS) is 16.1. The van der Waals surface area contributed by atoms with Crippen LogP contribution in [-0.4, -0.2) is 31.6 Å². The van der Waals surface area contributed by atoms with Crippen molar-refractivity contribution in [3.05, 3.63) is 53.1 Å². The van der Waals surface area contributed by atoms with Crippen molar-refractivity contribution in [3.63, 3.8) is 0 Å². The predicted octanol–water partition coefficient (Wildman–Crippen LogP) is 3.91. The number of benzene rings is 2. The molecular weight excluding hydrogens is 354 g/mol. The molecule has 5 heteroatoms. The molecule has 28 heavy (non-hydrogen) atoms. The van der Waals surface area contributed by atoms with Crippen LogP contribution in [0.2, 0.25) is 0 Å². The van der Waals surface area contributed by atoms with Gasteiger partial charge in [0.2, 0.25) is 5.91 Å². The fourth-order valence-electron chi connectivity index (χ4n) is 3.49. The molecule has 0 aliphatic carbocycles. The van der Waals surface area contributed by atoms with E-state index in [0.717, 1.165) is 40.8 Å². The monoisotopic (exact) mass is 381 g/mol. The zero-order valence-corrected chi connectivity index (χ0v) is 16.9. The van der Waals surface area contributed by atoms with E-state index in [-0.39, 0.29) is 23.9 Å². The molecule has 1 heterocycles. The third kappa shape index (κ3) is 4.03. The topological polar surface area (TPSA) is 64.6 Å². The first kappa shape index (κ1) is 19.9. The van der Waals surface area contributed by atoms with Gasteiger partial charge in [0.05, 0.1) is 19.2 Å². The summed E-state index contributed by atoms with van der Waals surface area (Å²) in [6.07, 6.45) is 1.42. The summed E-state index contributed by atoms with van der Waals surface area (Å²) < 4.78 is 11.2. The first-order valence-corrected chi connectivity index (χ1v) is 9.70. The van der Waals surface area contributed by atoms with Crippen LogP contribution >= 0.6 is 0 Å². The van der Waals surface area contributed by atoms with Gasteiger partial charge in [0.15, 0.2) is 0 Å². The SMILES string of the molecule is CC[C@@H](C)C(=O)NC[C@H]1Cc2cc(C)cc(-c3ccccc3C(=O)OC)c2O1. The number of methoxy groups -OCH3 is 1. The number of carbonyl (C=O) groups excluding carboxylic acids is 2. The minimum absolute atomic E-state index is 0.00600. The molecule has 148 valence electrons. The second-order valence-corrected chi connectivity index (χ2v) is 7.34. The van der Waals surface area contributed by atoms with Crippen LogP contribution in [0.5, 0.6) is 5.75 Å². The number of ether oxygens (including phenoxy) is 2. The van der Waals surface area contributed by atoms with Crippen LogP contribution in [0.3, 0.4) is 0 Å². The number of aryl methyl sites for hydroxylation is 1. The van der Waals surface area contributed by atoms with Gasteiger partial charge in [-0.3, -0.25) is 4.79 Å². The van der Waals surface area contributed by atoms with Gasteiger partial charge in [-0.25, -0.2) is 4.79 Å². The maximum atomic E-state index is 12.2. The Kier molecular flexibility index (Phi) is 6.02. The number of rotatable bonds is 6. The maximum absolute atomic E-state index is 12.2. The molecule has 2 atom stereocenters. The Bertz CT molecular complexity index is 890. The summed E-state index contributed by atoms with van der Waals surface area (Å²) in [7, 11) is 1.38. The van der Waals surface area contributed by atoms with Gasteiger partial charge in [-0.05, 0) is 42.2 Å². The largest absolute Gasteiger partial charge is 0.487 e. The van der Waals surface area contributed by atoms with Crippen molar-refractivity contribution in [2.45, 2.75) is 39.7 Å². The van der Waals surface area contributed by atoms with E-state index in [1.165, 1.54) is 7.11 Å². The molecule has 0 bridgehead atoms. The van der Waals surface area contributed by atoms with E-state index in [1.54, 1.807) is 6.07 Å². The average molecular weight is 381 g/mol. The smallest absolute Gasteiger partial charge is 0.338 e. The number of nitrogens with one attached hydrogen (secondary N) is 1. The van der Waals surface area contributed by atoms with E-state index in [1.807, 2.05) is 45.0 Å². The summed E-state index contributed by atoms with van der Waals surface area (Å²) >= 11 is 0. The molecule has 2 aromatic rings. The number of hydrogen-bond acceptors (Lipinski definition) is 4. The van der Waals surface area contributed by atoms with Gasteiger partial charge in [0.1, 0.15) is 11.9 Å². The van der Waals surface area contributed by atoms with Crippen molar-refractivity contribution in [2.75, 3.05) is 13.7 Å². The van der Waals surface area contributed by atoms with Crippen LogP contribution in [0.1, 0.15) is 41.8 Å². The predicted molar refractivity (Wildman–Crippen MR) is 109 cm³/mol. The van der Waals surface area contributed by atoms with E-state index >= 15 is 0 Å². The number of hydrogen-bond donors (Lipinski definition) is 1. The number of esters is 1. The van der Waals surface area contributed by atoms with Gasteiger partial charge in [-0.1, -0.05) is 38.1 Å². The molecule has 0 spiro atoms. The fraction of sp³-hybridized carbons (Fsp3) is 0.391. The molecule has 0 radical (unpaired) electrons. The molecule has 0 saturated carbocycles. The molecule has 3 rings (SSSR count). The van der Waals surface area contributed by atoms with E-state index in [9.17, 15) is 9.59 Å². The Morgan fingerprint density at radius 1 is 1.25 bits per heavy atom. The first-order valence-electron chi connectivity index (χ1n) is 9.70. The fourth-order valence-corrected chi connectivity index (χ4v) is 3.49. The van der Waals surface area contributed by atoms with Crippen LogP contribution in [0.25, 0.3) is 11.1 Å². The Morgan fingerprint density at radius 2 is 2.00 bits per heavy atom. The second kappa shape index (κ2) is 8.46. The molecule has 0 unspecified atom stereocenters. The lowest BCUT2D eigenvalue weighted by molar-refractivity contribution is -0.124. The summed E-state index contributed by atoms with van der Waals surface area (Å²) in [5, 5.41) is 2.98. The highest BCUT2D eigenvalue weighted by atomic mass is 16.5. The second-order valence-electron chi connectivity index (χ2n) is 7.34. The summed E-state index contributed by atoms with van der Waals surface area (Å²) in [6, 6.07) is 11.5. The van der Waals surface area contributed by atoms with Crippen molar-refractivity contribution in [2.24, 2.45) is 5.92 Å². The van der Waals surface area contributed by atoms with Gasteiger partial charge in [0, 0.05) is 17.9 Å². The van der Waals surface area contributed by atoms with Crippen LogP contribution in [-0.2, 0) is 16.0 Å². The van der Waals surface area contributed by atoms with E-state index in [0.29, 0.717) is 12.1 Å². The lowest BCUT2D eigenvalue weighted by Gasteiger charge is -2.16. The third-order valence-electron chi connectivity index (χ3n) is 5.23. The molecule has 5 nitrogen and oxygen atoms in total. The van der Waals surface area contributed by atoms with Crippen molar-refractivity contribution in [1.29, 1.82) is 0 Å². The molecular formula is C23H27NO4. The summed E-state index contributed by atoms with van der Waals surface area (Å²) in [4.78, 5) is 24.3. The van der Waals surface area contributed by atoms with Crippen molar-refractivity contribution in [3.8, 4) is 16.9 Å². The Labute approximate surface area is 166 Å². The van der Waals surface area contributed by atoms with Crippen molar-refractivity contribution < 1.29 is 19.1 Å². The van der Waals surface area contributed by atoms with Gasteiger partial charge in [-0.2, -0.15) is 0 Å². The van der Waals surface area contributed by atoms with Crippen LogP contribution in [0, 0.1) is 12.8 Å². The Balaban J connectivity index is 1.88. The quantitative estimate of drug-likeness (QED) is 0.771. The third-order valence-corrected chi connectivity index (χ3v) is 5.23. The lowest BCUT2D eigenvalue weighted by atomic mass is 9.94. The van der Waals surface area contributed by atoms with Gasteiger partial charge >= 0.3 is 5.97 Å². The standard InChI is InChI=1S/C23H27NO4/c1-5-15(3)22(25)24-13-17-12-16-10-14(2)11-20(21(16)28-17)18-8-6-7-9-19(18)23(26)27-4/h6-11,15,17H,5,12-13H2,1-4H3,(H,24,25)/t15-,17-/m1/s1. The van der Waals surface area contributed by atoms with E-state index in [2.05, 4.69) is 11.4 Å². The molecule has 0 saturated heterocycles. The highest BCUT2D eigenvalue weighted by Crippen LogP contribution is 2.41. The molecule has 1 amide bonds. The number of amides is 1. The molecule has 1 N–H and O–H groups in total. The lowest BCUT2D eigenvalue weighted by Crippen LogP contribution is -2.37. The number of fused-ring (bicyclic) bond motifs is 1. The van der Waals surface area contributed by atoms with Crippen LogP contribution in [0.15, 0.2) is 36.4 Å². The first-order chi connectivity index (χ1) is 13.4. The average Bonchev–Trinajstić information content (AvgIpc) is 3.12. The minimum atomic E-state index is -0.374. The van der Waals surface area contributed by atoms with Gasteiger partial charge in [-0.15, -0.1) is 0 Å². The summed E-state index contributed by atoms with van der Waals surface area (Å²) in [5.74, 6) is 0.453. The molecule has 0 fully saturated rings. The van der Waals surface area contributed by atoms with Gasteiger partial charge < -0.3 is 14.8 Å². The molecule has 1 aliphatic rings. The maximum Gasteiger partial charge on any atom is 0.338 e. The molecule has 1 aliphatic heterocycles. The van der Waals surface area contributed by atoms with Crippen molar-refractivity contribution >= 4 is 11.9 Å². The summed E-state index contributed by atoms with van der Waals surface area (Å²) in [6.45, 7) is 6.42. The number of carbonyl (C=O) groups is 2.